The molecule has 2 atom stereocenters. The minimum atomic E-state index is -0.420. The summed E-state index contributed by atoms with van der Waals surface area (Å²) >= 11 is 0. The third kappa shape index (κ3) is 2.71. The molecule has 5 heteroatoms. The first-order chi connectivity index (χ1) is 9.10. The monoisotopic (exact) mass is 261 g/mol. The van der Waals surface area contributed by atoms with Crippen LogP contribution < -0.4 is 11.2 Å². The highest BCUT2D eigenvalue weighted by molar-refractivity contribution is 5.09. The summed E-state index contributed by atoms with van der Waals surface area (Å²) in [6.07, 6.45) is 4.70. The highest BCUT2D eigenvalue weighted by Crippen LogP contribution is 2.35. The first-order valence-electron chi connectivity index (χ1n) is 6.80. The zero-order valence-corrected chi connectivity index (χ0v) is 11.1. The van der Waals surface area contributed by atoms with E-state index in [1.54, 1.807) is 0 Å². The number of nitrogens with one attached hydrogen (secondary N) is 2. The maximum Gasteiger partial charge on any atom is 0.325 e. The number of likely N-dealkylation sites (tertiary alicyclic amines) is 1. The maximum atomic E-state index is 11.3. The lowest BCUT2D eigenvalue weighted by Gasteiger charge is -2.22. The fourth-order valence-electron chi connectivity index (χ4n) is 3.36. The van der Waals surface area contributed by atoms with Crippen LogP contribution in [0, 0.1) is 11.8 Å². The van der Waals surface area contributed by atoms with E-state index >= 15 is 0 Å². The van der Waals surface area contributed by atoms with Crippen LogP contribution in [0.2, 0.25) is 0 Å². The zero-order valence-electron chi connectivity index (χ0n) is 11.1. The summed E-state index contributed by atoms with van der Waals surface area (Å²) in [5.74, 6) is 1.47. The number of hydrogen-bond acceptors (Lipinski definition) is 3. The molecule has 1 aromatic rings. The molecule has 0 bridgehead atoms. The molecule has 2 N–H and O–H groups in total. The van der Waals surface area contributed by atoms with Crippen LogP contribution in [-0.2, 0) is 6.54 Å². The van der Waals surface area contributed by atoms with Gasteiger partial charge in [0, 0.05) is 31.4 Å². The lowest BCUT2D eigenvalue weighted by molar-refractivity contribution is 0.309. The Morgan fingerprint density at radius 3 is 2.84 bits per heavy atom. The summed E-state index contributed by atoms with van der Waals surface area (Å²) in [6, 6.07) is 1.48. The number of fused-ring (bicyclic) bond motifs is 1. The van der Waals surface area contributed by atoms with Gasteiger partial charge in [0.25, 0.3) is 5.56 Å². The van der Waals surface area contributed by atoms with Gasteiger partial charge in [-0.25, -0.2) is 4.79 Å². The first kappa shape index (κ1) is 12.4. The predicted octanol–water partition coefficient (Wildman–Crippen LogP) is 0.851. The molecule has 0 unspecified atom stereocenters. The van der Waals surface area contributed by atoms with Crippen LogP contribution in [0.1, 0.15) is 25.5 Å². The number of H-pyrrole nitrogens is 2. The molecule has 1 fully saturated rings. The molecule has 0 radical (unpaired) electrons. The molecular weight excluding hydrogens is 242 g/mol. The number of rotatable bonds is 2. The van der Waals surface area contributed by atoms with E-state index in [4.69, 9.17) is 0 Å². The van der Waals surface area contributed by atoms with E-state index in [0.29, 0.717) is 12.2 Å². The van der Waals surface area contributed by atoms with Gasteiger partial charge in [-0.1, -0.05) is 11.6 Å². The largest absolute Gasteiger partial charge is 0.325 e. The van der Waals surface area contributed by atoms with Gasteiger partial charge in [0.05, 0.1) is 0 Å². The predicted molar refractivity (Wildman–Crippen MR) is 72.9 cm³/mol. The second kappa shape index (κ2) is 4.81. The Hall–Kier alpha value is -1.62. The normalized spacial score (nSPS) is 27.1. The molecule has 3 rings (SSSR count). The van der Waals surface area contributed by atoms with Crippen molar-refractivity contribution in [2.24, 2.45) is 11.8 Å². The summed E-state index contributed by atoms with van der Waals surface area (Å²) in [6.45, 7) is 4.98. The molecule has 2 aliphatic rings. The third-order valence-corrected chi connectivity index (χ3v) is 4.22. The van der Waals surface area contributed by atoms with Crippen LogP contribution in [0.5, 0.6) is 0 Å². The fraction of sp³-hybridized carbons (Fsp3) is 0.571. The standard InChI is InChI=1S/C14H19N3O2/c1-9-2-3-10-6-17(7-11(10)4-9)8-12-5-13(18)16-14(19)15-12/h2,5,10-11H,3-4,6-8H2,1H3,(H2,15,16,18,19)/t10-,11+/m0/s1. The molecule has 2 heterocycles. The van der Waals surface area contributed by atoms with Crippen LogP contribution in [0.25, 0.3) is 0 Å². The molecule has 0 spiro atoms. The van der Waals surface area contributed by atoms with Crippen molar-refractivity contribution in [3.63, 3.8) is 0 Å². The van der Waals surface area contributed by atoms with Gasteiger partial charge in [-0.3, -0.25) is 14.7 Å². The van der Waals surface area contributed by atoms with Crippen molar-refractivity contribution in [3.05, 3.63) is 44.2 Å². The van der Waals surface area contributed by atoms with Crippen LogP contribution in [0.3, 0.4) is 0 Å². The van der Waals surface area contributed by atoms with Gasteiger partial charge in [0.15, 0.2) is 0 Å². The molecular formula is C14H19N3O2. The molecule has 0 aromatic carbocycles. The van der Waals surface area contributed by atoms with Crippen LogP contribution >= 0.6 is 0 Å². The topological polar surface area (TPSA) is 69.0 Å². The number of hydrogen-bond donors (Lipinski definition) is 2. The average molecular weight is 261 g/mol. The second-order valence-electron chi connectivity index (χ2n) is 5.82. The lowest BCUT2D eigenvalue weighted by atomic mass is 9.83. The van der Waals surface area contributed by atoms with E-state index < -0.39 is 5.69 Å². The van der Waals surface area contributed by atoms with Crippen molar-refractivity contribution in [1.82, 2.24) is 14.9 Å². The van der Waals surface area contributed by atoms with Crippen LogP contribution in [0.15, 0.2) is 27.3 Å². The molecule has 102 valence electrons. The van der Waals surface area contributed by atoms with Crippen molar-refractivity contribution in [1.29, 1.82) is 0 Å². The van der Waals surface area contributed by atoms with E-state index in [0.717, 1.165) is 24.9 Å². The van der Waals surface area contributed by atoms with E-state index in [1.165, 1.54) is 24.5 Å². The van der Waals surface area contributed by atoms with Crippen LogP contribution in [-0.4, -0.2) is 28.0 Å². The van der Waals surface area contributed by atoms with Gasteiger partial charge < -0.3 is 4.98 Å². The Bertz CT molecular complexity index is 585. The number of nitrogens with zero attached hydrogens (tertiary/aromatic N) is 1. The molecule has 1 saturated heterocycles. The SMILES string of the molecule is CC1=CC[C@H]2CN(Cc3cc(=O)[nH]c(=O)[nH]3)C[C@H]2C1. The average Bonchev–Trinajstić information content (AvgIpc) is 2.68. The Morgan fingerprint density at radius 1 is 1.26 bits per heavy atom. The maximum absolute atomic E-state index is 11.3. The Labute approximate surface area is 111 Å². The Kier molecular flexibility index (Phi) is 3.14. The zero-order chi connectivity index (χ0) is 13.4. The molecule has 0 amide bonds. The summed E-state index contributed by atoms with van der Waals surface area (Å²) < 4.78 is 0. The van der Waals surface area contributed by atoms with Gasteiger partial charge in [0.1, 0.15) is 0 Å². The number of aromatic nitrogens is 2. The summed E-state index contributed by atoms with van der Waals surface area (Å²) in [5.41, 5.74) is 1.45. The number of allylic oxidation sites excluding steroid dienone is 2. The van der Waals surface area contributed by atoms with E-state index in [9.17, 15) is 9.59 Å². The molecule has 0 saturated carbocycles. The van der Waals surface area contributed by atoms with E-state index in [-0.39, 0.29) is 5.56 Å². The molecule has 5 nitrogen and oxygen atoms in total. The molecule has 19 heavy (non-hydrogen) atoms. The van der Waals surface area contributed by atoms with E-state index in [2.05, 4.69) is 27.9 Å². The smallest absolute Gasteiger partial charge is 0.310 e. The minimum Gasteiger partial charge on any atom is -0.310 e. The van der Waals surface area contributed by atoms with Gasteiger partial charge in [-0.15, -0.1) is 0 Å². The summed E-state index contributed by atoms with van der Waals surface area (Å²) in [5, 5.41) is 0. The fourth-order valence-corrected chi connectivity index (χ4v) is 3.36. The van der Waals surface area contributed by atoms with Crippen molar-refractivity contribution >= 4 is 0 Å². The third-order valence-electron chi connectivity index (χ3n) is 4.22. The lowest BCUT2D eigenvalue weighted by Crippen LogP contribution is -2.27. The Balaban J connectivity index is 1.69. The van der Waals surface area contributed by atoms with Gasteiger partial charge >= 0.3 is 5.69 Å². The van der Waals surface area contributed by atoms with Gasteiger partial charge in [-0.05, 0) is 31.6 Å². The Morgan fingerprint density at radius 2 is 2.05 bits per heavy atom. The summed E-state index contributed by atoms with van der Waals surface area (Å²) in [4.78, 5) is 29.8. The van der Waals surface area contributed by atoms with Crippen molar-refractivity contribution in [3.8, 4) is 0 Å². The molecule has 1 aromatic heterocycles. The highest BCUT2D eigenvalue weighted by Gasteiger charge is 2.33. The van der Waals surface area contributed by atoms with Crippen molar-refractivity contribution < 1.29 is 0 Å². The van der Waals surface area contributed by atoms with Crippen LogP contribution in [0.4, 0.5) is 0 Å². The second-order valence-corrected chi connectivity index (χ2v) is 5.82. The van der Waals surface area contributed by atoms with E-state index in [1.807, 2.05) is 0 Å². The minimum absolute atomic E-state index is 0.326. The van der Waals surface area contributed by atoms with Gasteiger partial charge in [0.2, 0.25) is 0 Å². The first-order valence-corrected chi connectivity index (χ1v) is 6.80. The van der Waals surface area contributed by atoms with Gasteiger partial charge in [-0.2, -0.15) is 0 Å². The van der Waals surface area contributed by atoms with Crippen molar-refractivity contribution in [2.45, 2.75) is 26.3 Å². The van der Waals surface area contributed by atoms with Crippen molar-refractivity contribution in [2.75, 3.05) is 13.1 Å². The summed E-state index contributed by atoms with van der Waals surface area (Å²) in [7, 11) is 0. The molecule has 1 aliphatic heterocycles. The highest BCUT2D eigenvalue weighted by atomic mass is 16.2. The molecule has 1 aliphatic carbocycles. The quantitative estimate of drug-likeness (QED) is 0.776. The number of aromatic amines is 2.